The first-order valence-corrected chi connectivity index (χ1v) is 15.0. The number of allylic oxidation sites excluding steroid dienone is 8. The van der Waals surface area contributed by atoms with Crippen molar-refractivity contribution in [1.82, 2.24) is 0 Å². The van der Waals surface area contributed by atoms with Crippen molar-refractivity contribution in [2.45, 2.75) is 105 Å². The summed E-state index contributed by atoms with van der Waals surface area (Å²) in [6.45, 7) is 21.8. The van der Waals surface area contributed by atoms with Crippen LogP contribution in [0.1, 0.15) is 105 Å². The molecule has 8 nitrogen and oxygen atoms in total. The number of carbonyl (C=O) groups is 4. The largest absolute Gasteiger partial charge is 4.00 e. The minimum atomic E-state index is -1.08. The van der Waals surface area contributed by atoms with Gasteiger partial charge in [-0.25, -0.2) is 0 Å². The molecule has 9 heteroatoms. The predicted molar refractivity (Wildman–Crippen MR) is 177 cm³/mol. The number of unbranched alkanes of at least 4 members (excludes halogenated alkanes) is 4. The molecule has 0 aromatic carbocycles. The number of hydrogen-bond donors (Lipinski definition) is 0. The van der Waals surface area contributed by atoms with Gasteiger partial charge in [0, 0.05) is 0 Å². The van der Waals surface area contributed by atoms with Gasteiger partial charge in [-0.3, -0.25) is 0 Å². The third-order valence-electron chi connectivity index (χ3n) is 5.52. The van der Waals surface area contributed by atoms with Crippen LogP contribution in [0.5, 0.6) is 0 Å². The molecule has 0 aromatic rings. The molecule has 0 spiro atoms. The average molecular weight is 732 g/mol. The van der Waals surface area contributed by atoms with Crippen LogP contribution in [0.4, 0.5) is 0 Å². The fourth-order valence-electron chi connectivity index (χ4n) is 3.05. The van der Waals surface area contributed by atoms with E-state index in [2.05, 4.69) is 26.3 Å². The number of carbonyl (C=O) groups excluding carboxylic acids is 4. The molecule has 0 aliphatic rings. The van der Waals surface area contributed by atoms with E-state index < -0.39 is 23.9 Å². The van der Waals surface area contributed by atoms with Crippen molar-refractivity contribution >= 4 is 47.8 Å². The van der Waals surface area contributed by atoms with Crippen molar-refractivity contribution in [2.24, 2.45) is 0 Å². The molecule has 0 rings (SSSR count). The molecule has 0 atom stereocenters. The molecular weight excluding hydrogens is 679 g/mol. The summed E-state index contributed by atoms with van der Waals surface area (Å²) in [5.41, 5.74) is 1.34. The zero-order chi connectivity index (χ0) is 34.8. The monoisotopic (exact) mass is 732 g/mol. The minimum absolute atomic E-state index is 0. The van der Waals surface area contributed by atoms with E-state index in [1.165, 1.54) is 48.6 Å². The van der Waals surface area contributed by atoms with Crippen LogP contribution in [0.3, 0.4) is 0 Å². The Morgan fingerprint density at radius 2 is 0.578 bits per heavy atom. The van der Waals surface area contributed by atoms with Crippen LogP contribution in [-0.4, -0.2) is 47.8 Å². The average Bonchev–Trinajstić information content (AvgIpc) is 2.98. The first-order valence-electron chi connectivity index (χ1n) is 15.0. The van der Waals surface area contributed by atoms with E-state index in [0.29, 0.717) is 48.0 Å². The molecule has 0 aromatic heterocycles. The Kier molecular flexibility index (Phi) is 43.9. The summed E-state index contributed by atoms with van der Waals surface area (Å²) >= 11 is 0. The van der Waals surface area contributed by atoms with E-state index in [4.69, 9.17) is 0 Å². The second kappa shape index (κ2) is 38.6. The molecule has 0 aliphatic carbocycles. The van der Waals surface area contributed by atoms with Crippen molar-refractivity contribution in [3.63, 3.8) is 0 Å². The maximum absolute atomic E-state index is 10.4. The van der Waals surface area contributed by atoms with Gasteiger partial charge in [-0.05, 0) is 73.7 Å². The fourth-order valence-corrected chi connectivity index (χ4v) is 3.05. The number of carboxylic acids is 4. The molecule has 0 bridgehead atoms. The molecule has 0 saturated carbocycles. The van der Waals surface area contributed by atoms with Gasteiger partial charge in [-0.15, -0.1) is 0 Å². The van der Waals surface area contributed by atoms with Gasteiger partial charge in [0.05, 0.1) is 23.9 Å². The molecule has 0 aliphatic heterocycles. The van der Waals surface area contributed by atoms with Gasteiger partial charge in [-0.1, -0.05) is 128 Å². The molecule has 0 fully saturated rings. The van der Waals surface area contributed by atoms with Crippen molar-refractivity contribution in [3.8, 4) is 0 Å². The third-order valence-corrected chi connectivity index (χ3v) is 5.52. The van der Waals surface area contributed by atoms with Gasteiger partial charge in [-0.2, -0.15) is 0 Å². The smallest absolute Gasteiger partial charge is 0.545 e. The fraction of sp³-hybridized carbons (Fsp3) is 0.444. The Bertz CT molecular complexity index is 841. The zero-order valence-corrected chi connectivity index (χ0v) is 30.6. The molecule has 0 unspecified atom stereocenters. The minimum Gasteiger partial charge on any atom is -0.545 e. The third kappa shape index (κ3) is 36.7. The second-order valence-corrected chi connectivity index (χ2v) is 9.27. The molecule has 248 valence electrons. The molecule has 0 saturated heterocycles. The summed E-state index contributed by atoms with van der Waals surface area (Å²) in [6.07, 6.45) is 21.6. The van der Waals surface area contributed by atoms with Gasteiger partial charge < -0.3 is 39.6 Å². The van der Waals surface area contributed by atoms with Gasteiger partial charge in [0.1, 0.15) is 0 Å². The van der Waals surface area contributed by atoms with Crippen molar-refractivity contribution in [1.29, 1.82) is 0 Å². The number of rotatable bonds is 20. The van der Waals surface area contributed by atoms with E-state index in [9.17, 15) is 39.6 Å². The zero-order valence-electron chi connectivity index (χ0n) is 27.7. The van der Waals surface area contributed by atoms with E-state index in [0.717, 1.165) is 51.4 Å². The summed E-state index contributed by atoms with van der Waals surface area (Å²) in [7, 11) is 0. The van der Waals surface area contributed by atoms with Gasteiger partial charge >= 0.3 is 23.9 Å². The summed E-state index contributed by atoms with van der Waals surface area (Å²) < 4.78 is 0. The Hall–Kier alpha value is -3.40. The van der Waals surface area contributed by atoms with E-state index >= 15 is 0 Å². The van der Waals surface area contributed by atoms with E-state index in [1.807, 2.05) is 27.7 Å². The summed E-state index contributed by atoms with van der Waals surface area (Å²) in [6, 6.07) is 0. The van der Waals surface area contributed by atoms with E-state index in [-0.39, 0.29) is 23.9 Å². The van der Waals surface area contributed by atoms with Crippen molar-refractivity contribution in [2.75, 3.05) is 0 Å². The Balaban J connectivity index is -0.000000157. The van der Waals surface area contributed by atoms with Crippen LogP contribution in [-0.2, 0) is 19.2 Å². The van der Waals surface area contributed by atoms with E-state index in [1.54, 1.807) is 0 Å². The van der Waals surface area contributed by atoms with Crippen LogP contribution in [0, 0.1) is 0 Å². The quantitative estimate of drug-likeness (QED) is 0.104. The Morgan fingerprint density at radius 1 is 0.422 bits per heavy atom. The van der Waals surface area contributed by atoms with Crippen LogP contribution in [0.15, 0.2) is 97.2 Å². The van der Waals surface area contributed by atoms with Crippen LogP contribution in [0.2, 0.25) is 0 Å². The topological polar surface area (TPSA) is 161 Å². The second-order valence-electron chi connectivity index (χ2n) is 9.27. The number of hydrogen-bond acceptors (Lipinski definition) is 8. The van der Waals surface area contributed by atoms with Gasteiger partial charge in [0.2, 0.25) is 0 Å². The molecular formula is C36H52O8Sn. The predicted octanol–water partition coefficient (Wildman–Crippen LogP) is 3.77. The summed E-state index contributed by atoms with van der Waals surface area (Å²) in [4.78, 5) is 41.5. The van der Waals surface area contributed by atoms with Gasteiger partial charge in [0.25, 0.3) is 0 Å². The van der Waals surface area contributed by atoms with Gasteiger partial charge in [0.15, 0.2) is 0 Å². The molecule has 0 amide bonds. The maximum Gasteiger partial charge on any atom is 4.00 e. The normalized spacial score (nSPS) is 10.9. The summed E-state index contributed by atoms with van der Waals surface area (Å²) in [5, 5.41) is 41.5. The maximum atomic E-state index is 10.4. The Morgan fingerprint density at radius 3 is 0.667 bits per heavy atom. The SMILES string of the molecule is C=CC=C(CCCC)C(=O)[O-].C=CC=C(CCCC)C(=O)[O-].C=CC=C(CCCC)C(=O)[O-].C=CC=C(CCCC)C(=O)[O-].[Sn+4]. The molecule has 0 radical (unpaired) electrons. The molecule has 0 N–H and O–H groups in total. The molecule has 0 heterocycles. The summed E-state index contributed by atoms with van der Waals surface area (Å²) in [5.74, 6) is -4.34. The standard InChI is InChI=1S/4C9H14O2.Sn/c4*1-3-5-7-8(6-4-2)9(10)11;/h4*4,6H,2-3,5,7H2,1H3,(H,10,11);/q;;;;+4/p-4. The first-order chi connectivity index (χ1) is 20.9. The van der Waals surface area contributed by atoms with Crippen LogP contribution < -0.4 is 20.4 Å². The van der Waals surface area contributed by atoms with Crippen LogP contribution in [0.25, 0.3) is 0 Å². The first kappa shape index (κ1) is 51.2. The molecule has 45 heavy (non-hydrogen) atoms. The van der Waals surface area contributed by atoms with Crippen molar-refractivity contribution < 1.29 is 39.6 Å². The number of aliphatic carboxylic acids is 4. The van der Waals surface area contributed by atoms with Crippen LogP contribution >= 0.6 is 0 Å². The number of carboxylic acid groups (broad SMARTS) is 4. The Labute approximate surface area is 288 Å². The van der Waals surface area contributed by atoms with Crippen molar-refractivity contribution in [3.05, 3.63) is 97.2 Å².